The van der Waals surface area contributed by atoms with Crippen molar-refractivity contribution in [2.45, 2.75) is 44.2 Å². The Morgan fingerprint density at radius 1 is 1.38 bits per heavy atom. The number of hydrogen-bond donors (Lipinski definition) is 2. The third kappa shape index (κ3) is 3.22. The van der Waals surface area contributed by atoms with Crippen LogP contribution >= 0.6 is 0 Å². The van der Waals surface area contributed by atoms with Gasteiger partial charge in [0.25, 0.3) is 0 Å². The molecule has 118 valence electrons. The van der Waals surface area contributed by atoms with Crippen LogP contribution in [0.4, 0.5) is 5.69 Å². The van der Waals surface area contributed by atoms with E-state index in [0.717, 1.165) is 18.7 Å². The van der Waals surface area contributed by atoms with E-state index in [0.29, 0.717) is 0 Å². The predicted octanol–water partition coefficient (Wildman–Crippen LogP) is 2.21. The van der Waals surface area contributed by atoms with E-state index in [2.05, 4.69) is 23.9 Å². The van der Waals surface area contributed by atoms with Crippen molar-refractivity contribution in [1.82, 2.24) is 4.72 Å². The van der Waals surface area contributed by atoms with Crippen molar-refractivity contribution in [3.8, 4) is 0 Å². The van der Waals surface area contributed by atoms with E-state index in [4.69, 9.17) is 4.74 Å². The lowest BCUT2D eigenvalue weighted by Gasteiger charge is -2.52. The van der Waals surface area contributed by atoms with E-state index in [1.807, 2.05) is 13.0 Å². The van der Waals surface area contributed by atoms with Crippen LogP contribution in [-0.2, 0) is 14.8 Å². The van der Waals surface area contributed by atoms with Crippen LogP contribution in [0.1, 0.15) is 27.2 Å². The van der Waals surface area contributed by atoms with Gasteiger partial charge in [-0.05, 0) is 38.6 Å². The zero-order valence-corrected chi connectivity index (χ0v) is 13.8. The minimum absolute atomic E-state index is 0.0356. The third-order valence-electron chi connectivity index (χ3n) is 4.30. The molecule has 1 aliphatic rings. The van der Waals surface area contributed by atoms with Crippen LogP contribution in [0.3, 0.4) is 0 Å². The first kappa shape index (κ1) is 16.3. The molecule has 0 aromatic heterocycles. The van der Waals surface area contributed by atoms with Gasteiger partial charge in [0.2, 0.25) is 10.0 Å². The van der Waals surface area contributed by atoms with Gasteiger partial charge in [-0.3, -0.25) is 0 Å². The molecule has 5 nitrogen and oxygen atoms in total. The lowest BCUT2D eigenvalue weighted by atomic mass is 9.64. The highest BCUT2D eigenvalue weighted by Crippen LogP contribution is 2.44. The molecule has 1 fully saturated rings. The first-order valence-corrected chi connectivity index (χ1v) is 8.71. The van der Waals surface area contributed by atoms with Crippen LogP contribution in [0.5, 0.6) is 0 Å². The fourth-order valence-electron chi connectivity index (χ4n) is 2.69. The molecular formula is C15H24N2O3S. The molecule has 0 saturated heterocycles. The van der Waals surface area contributed by atoms with Crippen molar-refractivity contribution < 1.29 is 13.2 Å². The molecule has 21 heavy (non-hydrogen) atoms. The van der Waals surface area contributed by atoms with Crippen LogP contribution in [0.15, 0.2) is 29.2 Å². The van der Waals surface area contributed by atoms with Gasteiger partial charge in [0.05, 0.1) is 11.0 Å². The number of rotatable bonds is 6. The van der Waals surface area contributed by atoms with Crippen LogP contribution in [0.25, 0.3) is 0 Å². The van der Waals surface area contributed by atoms with E-state index in [-0.39, 0.29) is 22.5 Å². The largest absolute Gasteiger partial charge is 0.382 e. The fraction of sp³-hybridized carbons (Fsp3) is 0.600. The number of ether oxygens (including phenoxy) is 1. The highest BCUT2D eigenvalue weighted by atomic mass is 32.2. The van der Waals surface area contributed by atoms with Gasteiger partial charge in [-0.15, -0.1) is 0 Å². The molecule has 6 heteroatoms. The number of nitrogens with one attached hydrogen (secondary N) is 2. The molecule has 1 aromatic rings. The fourth-order valence-corrected chi connectivity index (χ4v) is 3.46. The molecule has 0 spiro atoms. The van der Waals surface area contributed by atoms with E-state index >= 15 is 0 Å². The first-order valence-electron chi connectivity index (χ1n) is 7.23. The zero-order valence-electron chi connectivity index (χ0n) is 13.0. The Morgan fingerprint density at radius 3 is 2.67 bits per heavy atom. The number of anilines is 1. The molecule has 1 saturated carbocycles. The Bertz CT molecular complexity index is 599. The summed E-state index contributed by atoms with van der Waals surface area (Å²) in [4.78, 5) is 0.272. The van der Waals surface area contributed by atoms with Crippen LogP contribution in [0.2, 0.25) is 0 Å². The second-order valence-corrected chi connectivity index (χ2v) is 7.82. The highest BCUT2D eigenvalue weighted by Gasteiger charge is 2.48. The highest BCUT2D eigenvalue weighted by molar-refractivity contribution is 7.89. The summed E-state index contributed by atoms with van der Waals surface area (Å²) in [6.45, 7) is 7.06. The maximum Gasteiger partial charge on any atom is 0.240 e. The summed E-state index contributed by atoms with van der Waals surface area (Å²) in [7, 11) is -1.99. The van der Waals surface area contributed by atoms with Crippen molar-refractivity contribution in [3.63, 3.8) is 0 Å². The molecule has 0 heterocycles. The topological polar surface area (TPSA) is 67.4 Å². The molecule has 1 aliphatic carbocycles. The average molecular weight is 312 g/mol. The van der Waals surface area contributed by atoms with Gasteiger partial charge in [0.15, 0.2) is 0 Å². The average Bonchev–Trinajstić information content (AvgIpc) is 2.46. The van der Waals surface area contributed by atoms with Gasteiger partial charge in [-0.25, -0.2) is 13.1 Å². The minimum atomic E-state index is -3.41. The molecule has 1 aromatic carbocycles. The Labute approximate surface area is 127 Å². The molecule has 0 radical (unpaired) electrons. The summed E-state index contributed by atoms with van der Waals surface area (Å²) in [5.41, 5.74) is 0.854. The summed E-state index contributed by atoms with van der Waals surface area (Å²) in [6.07, 6.45) is 1.19. The zero-order chi connectivity index (χ0) is 15.7. The Balaban J connectivity index is 2.10. The summed E-state index contributed by atoms with van der Waals surface area (Å²) in [5, 5.41) is 3.42. The first-order chi connectivity index (χ1) is 9.81. The lowest BCUT2D eigenvalue weighted by Crippen LogP contribution is -2.58. The molecular weight excluding hydrogens is 288 g/mol. The Hall–Kier alpha value is -1.11. The predicted molar refractivity (Wildman–Crippen MR) is 83.9 cm³/mol. The molecule has 2 rings (SSSR count). The van der Waals surface area contributed by atoms with E-state index in [1.54, 1.807) is 18.2 Å². The summed E-state index contributed by atoms with van der Waals surface area (Å²) in [6, 6.07) is 7.17. The number of hydrogen-bond acceptors (Lipinski definition) is 4. The lowest BCUT2D eigenvalue weighted by molar-refractivity contribution is -0.0976. The smallest absolute Gasteiger partial charge is 0.240 e. The van der Waals surface area contributed by atoms with Crippen molar-refractivity contribution in [2.75, 3.05) is 19.0 Å². The van der Waals surface area contributed by atoms with E-state index in [1.165, 1.54) is 7.05 Å². The second kappa shape index (κ2) is 5.94. The summed E-state index contributed by atoms with van der Waals surface area (Å²) < 4.78 is 31.7. The SMILES string of the molecule is CCOC1CC(Nc2cccc(S(=O)(=O)NC)c2)C1(C)C. The van der Waals surface area contributed by atoms with Gasteiger partial charge in [0.1, 0.15) is 0 Å². The molecule has 2 N–H and O–H groups in total. The van der Waals surface area contributed by atoms with Gasteiger partial charge >= 0.3 is 0 Å². The maximum atomic E-state index is 11.8. The van der Waals surface area contributed by atoms with Gasteiger partial charge in [-0.1, -0.05) is 19.9 Å². The minimum Gasteiger partial charge on any atom is -0.382 e. The molecule has 2 unspecified atom stereocenters. The van der Waals surface area contributed by atoms with E-state index in [9.17, 15) is 8.42 Å². The Kier molecular flexibility index (Phi) is 4.60. The molecule has 2 atom stereocenters. The maximum absolute atomic E-state index is 11.8. The Morgan fingerprint density at radius 2 is 2.10 bits per heavy atom. The monoisotopic (exact) mass is 312 g/mol. The van der Waals surface area contributed by atoms with Crippen molar-refractivity contribution in [2.24, 2.45) is 5.41 Å². The van der Waals surface area contributed by atoms with Crippen molar-refractivity contribution in [1.29, 1.82) is 0 Å². The van der Waals surface area contributed by atoms with Gasteiger partial charge in [0, 0.05) is 23.8 Å². The number of sulfonamides is 1. The second-order valence-electron chi connectivity index (χ2n) is 5.93. The molecule has 0 bridgehead atoms. The number of benzene rings is 1. The van der Waals surface area contributed by atoms with Gasteiger partial charge < -0.3 is 10.1 Å². The summed E-state index contributed by atoms with van der Waals surface area (Å²) in [5.74, 6) is 0. The van der Waals surface area contributed by atoms with Crippen molar-refractivity contribution in [3.05, 3.63) is 24.3 Å². The quantitative estimate of drug-likeness (QED) is 0.845. The third-order valence-corrected chi connectivity index (χ3v) is 5.71. The standard InChI is InChI=1S/C15H24N2O3S/c1-5-20-14-10-13(15(14,2)3)17-11-7-6-8-12(9-11)21(18,19)16-4/h6-9,13-14,16-17H,5,10H2,1-4H3. The molecule has 0 amide bonds. The summed E-state index contributed by atoms with van der Waals surface area (Å²) >= 11 is 0. The normalized spacial score (nSPS) is 24.4. The molecule has 0 aliphatic heterocycles. The van der Waals surface area contributed by atoms with Crippen LogP contribution in [-0.4, -0.2) is 34.2 Å². The van der Waals surface area contributed by atoms with Crippen LogP contribution in [0, 0.1) is 5.41 Å². The van der Waals surface area contributed by atoms with E-state index < -0.39 is 10.0 Å². The van der Waals surface area contributed by atoms with Gasteiger partial charge in [-0.2, -0.15) is 0 Å². The van der Waals surface area contributed by atoms with Crippen molar-refractivity contribution >= 4 is 15.7 Å². The van der Waals surface area contributed by atoms with Crippen LogP contribution < -0.4 is 10.0 Å².